The molecule has 0 unspecified atom stereocenters. The first kappa shape index (κ1) is 20.4. The highest BCUT2D eigenvalue weighted by Crippen LogP contribution is 2.40. The molecule has 0 fully saturated rings. The van der Waals surface area contributed by atoms with Gasteiger partial charge in [0, 0.05) is 6.08 Å². The Morgan fingerprint density at radius 2 is 1.67 bits per heavy atom. The van der Waals surface area contributed by atoms with Crippen molar-refractivity contribution in [2.45, 2.75) is 78.4 Å². The second-order valence-corrected chi connectivity index (χ2v) is 12.2. The van der Waals surface area contributed by atoms with E-state index in [1.54, 1.807) is 0 Å². The van der Waals surface area contributed by atoms with Crippen LogP contribution in [0.25, 0.3) is 0 Å². The number of hydrogen-bond acceptors (Lipinski definition) is 3. The molecule has 0 amide bonds. The van der Waals surface area contributed by atoms with Crippen LogP contribution in [0.4, 0.5) is 0 Å². The van der Waals surface area contributed by atoms with Gasteiger partial charge in [-0.15, -0.1) is 0 Å². The van der Waals surface area contributed by atoms with E-state index in [-0.39, 0.29) is 16.4 Å². The highest BCUT2D eigenvalue weighted by Gasteiger charge is 2.37. The minimum Gasteiger partial charge on any atom is -0.463 e. The zero-order chi connectivity index (χ0) is 16.7. The molecule has 124 valence electrons. The number of rotatable bonds is 9. The molecule has 0 saturated heterocycles. The lowest BCUT2D eigenvalue weighted by Crippen LogP contribution is -2.38. The SMILES string of the molecule is CCOC(=O)/C=C/C(C)(C)CCCCC(C)(C)[Si](C)(C)O. The third-order valence-corrected chi connectivity index (χ3v) is 8.05. The molecule has 0 aliphatic heterocycles. The maximum Gasteiger partial charge on any atom is 0.330 e. The first-order chi connectivity index (χ1) is 9.41. The Morgan fingerprint density at radius 1 is 1.14 bits per heavy atom. The van der Waals surface area contributed by atoms with Crippen molar-refractivity contribution in [3.05, 3.63) is 12.2 Å². The van der Waals surface area contributed by atoms with Crippen LogP contribution in [0.5, 0.6) is 0 Å². The molecule has 0 heterocycles. The van der Waals surface area contributed by atoms with E-state index in [4.69, 9.17) is 4.74 Å². The van der Waals surface area contributed by atoms with Crippen molar-refractivity contribution in [1.82, 2.24) is 0 Å². The summed E-state index contributed by atoms with van der Waals surface area (Å²) in [5.41, 5.74) is 0.00304. The van der Waals surface area contributed by atoms with Crippen LogP contribution in [-0.2, 0) is 9.53 Å². The smallest absolute Gasteiger partial charge is 0.330 e. The Bertz CT molecular complexity index is 352. The summed E-state index contributed by atoms with van der Waals surface area (Å²) >= 11 is 0. The van der Waals surface area contributed by atoms with Crippen LogP contribution in [0.15, 0.2) is 12.2 Å². The van der Waals surface area contributed by atoms with Crippen molar-refractivity contribution in [2.24, 2.45) is 5.41 Å². The largest absolute Gasteiger partial charge is 0.463 e. The number of allylic oxidation sites excluding steroid dienone is 1. The van der Waals surface area contributed by atoms with Crippen molar-refractivity contribution in [2.75, 3.05) is 6.61 Å². The summed E-state index contributed by atoms with van der Waals surface area (Å²) in [5.74, 6) is -0.264. The number of esters is 1. The van der Waals surface area contributed by atoms with E-state index in [0.29, 0.717) is 6.61 Å². The molecule has 0 radical (unpaired) electrons. The number of carbonyl (C=O) groups excluding carboxylic acids is 1. The van der Waals surface area contributed by atoms with Crippen LogP contribution in [0, 0.1) is 5.41 Å². The second kappa shape index (κ2) is 8.13. The predicted octanol–water partition coefficient (Wildman–Crippen LogP) is 4.67. The first-order valence-corrected chi connectivity index (χ1v) is 10.9. The van der Waals surface area contributed by atoms with Crippen molar-refractivity contribution in [1.29, 1.82) is 0 Å². The van der Waals surface area contributed by atoms with Gasteiger partial charge in [-0.2, -0.15) is 0 Å². The quantitative estimate of drug-likeness (QED) is 0.291. The van der Waals surface area contributed by atoms with E-state index in [1.807, 2.05) is 26.1 Å². The molecule has 0 saturated carbocycles. The van der Waals surface area contributed by atoms with E-state index in [9.17, 15) is 9.59 Å². The van der Waals surface area contributed by atoms with E-state index in [0.717, 1.165) is 25.7 Å². The lowest BCUT2D eigenvalue weighted by atomic mass is 9.86. The van der Waals surface area contributed by atoms with E-state index >= 15 is 0 Å². The third kappa shape index (κ3) is 8.42. The number of carbonyl (C=O) groups is 1. The van der Waals surface area contributed by atoms with Crippen LogP contribution in [-0.4, -0.2) is 25.7 Å². The van der Waals surface area contributed by atoms with Gasteiger partial charge in [-0.25, -0.2) is 4.79 Å². The fourth-order valence-corrected chi connectivity index (χ4v) is 2.81. The summed E-state index contributed by atoms with van der Waals surface area (Å²) in [6.07, 6.45) is 7.79. The van der Waals surface area contributed by atoms with E-state index in [2.05, 4.69) is 27.7 Å². The minimum absolute atomic E-state index is 0.00304. The average molecular weight is 315 g/mol. The lowest BCUT2D eigenvalue weighted by Gasteiger charge is -2.35. The molecular weight excluding hydrogens is 280 g/mol. The fraction of sp³-hybridized carbons (Fsp3) is 0.824. The number of ether oxygens (including phenoxy) is 1. The molecule has 0 bridgehead atoms. The van der Waals surface area contributed by atoms with E-state index < -0.39 is 8.32 Å². The van der Waals surface area contributed by atoms with Crippen LogP contribution in [0.2, 0.25) is 18.1 Å². The monoisotopic (exact) mass is 314 g/mol. The molecule has 0 spiro atoms. The van der Waals surface area contributed by atoms with Gasteiger partial charge < -0.3 is 9.53 Å². The van der Waals surface area contributed by atoms with Crippen molar-refractivity contribution < 1.29 is 14.3 Å². The summed E-state index contributed by atoms with van der Waals surface area (Å²) in [5, 5.41) is 0.0535. The highest BCUT2D eigenvalue weighted by molar-refractivity contribution is 6.72. The Morgan fingerprint density at radius 3 is 2.14 bits per heavy atom. The molecule has 0 atom stereocenters. The Hall–Kier alpha value is -0.613. The fourth-order valence-electron chi connectivity index (χ4n) is 2.02. The summed E-state index contributed by atoms with van der Waals surface area (Å²) in [4.78, 5) is 21.6. The Balaban J connectivity index is 4.19. The van der Waals surface area contributed by atoms with Crippen LogP contribution >= 0.6 is 0 Å². The minimum atomic E-state index is -2.10. The van der Waals surface area contributed by atoms with Crippen LogP contribution in [0.1, 0.15) is 60.3 Å². The summed E-state index contributed by atoms with van der Waals surface area (Å²) in [6, 6.07) is 0. The Labute approximate surface area is 131 Å². The van der Waals surface area contributed by atoms with Crippen molar-refractivity contribution in [3.8, 4) is 0 Å². The predicted molar refractivity (Wildman–Crippen MR) is 91.8 cm³/mol. The maximum atomic E-state index is 11.3. The summed E-state index contributed by atoms with van der Waals surface area (Å²) < 4.78 is 4.90. The molecule has 0 rings (SSSR count). The Kier molecular flexibility index (Phi) is 7.90. The molecule has 1 N–H and O–H groups in total. The normalized spacial score (nSPS) is 13.7. The van der Waals surface area contributed by atoms with Gasteiger partial charge in [-0.3, -0.25) is 0 Å². The van der Waals surface area contributed by atoms with Gasteiger partial charge in [-0.05, 0) is 43.3 Å². The highest BCUT2D eigenvalue weighted by atomic mass is 28.4. The van der Waals surface area contributed by atoms with Gasteiger partial charge >= 0.3 is 5.97 Å². The molecule has 3 nitrogen and oxygen atoms in total. The van der Waals surface area contributed by atoms with Gasteiger partial charge in [0.1, 0.15) is 0 Å². The third-order valence-electron chi connectivity index (χ3n) is 4.49. The molecule has 4 heteroatoms. The van der Waals surface area contributed by atoms with Gasteiger partial charge in [0.2, 0.25) is 0 Å². The molecule has 0 aromatic carbocycles. The van der Waals surface area contributed by atoms with Gasteiger partial charge in [-0.1, -0.05) is 46.6 Å². The maximum absolute atomic E-state index is 11.3. The summed E-state index contributed by atoms with van der Waals surface area (Å²) in [7, 11) is -2.10. The van der Waals surface area contributed by atoms with Gasteiger partial charge in [0.15, 0.2) is 8.32 Å². The van der Waals surface area contributed by atoms with Crippen molar-refractivity contribution in [3.63, 3.8) is 0 Å². The molecule has 0 aromatic rings. The molecular formula is C17H34O3Si. The molecule has 0 aliphatic rings. The molecule has 21 heavy (non-hydrogen) atoms. The number of unbranched alkanes of at least 4 members (excludes halogenated alkanes) is 1. The van der Waals surface area contributed by atoms with Crippen molar-refractivity contribution >= 4 is 14.3 Å². The standard InChI is InChI=1S/C17H34O3Si/c1-8-20-15(18)11-14-16(2,3)12-9-10-13-17(4,5)21(6,7)19/h11,14,19H,8-10,12-13H2,1-7H3/b14-11+. The van der Waals surface area contributed by atoms with Gasteiger partial charge in [0.05, 0.1) is 6.61 Å². The lowest BCUT2D eigenvalue weighted by molar-refractivity contribution is -0.137. The zero-order valence-corrected chi connectivity index (χ0v) is 16.0. The average Bonchev–Trinajstić information content (AvgIpc) is 2.31. The summed E-state index contributed by atoms with van der Waals surface area (Å²) in [6.45, 7) is 14.9. The number of hydrogen-bond donors (Lipinski definition) is 1. The first-order valence-electron chi connectivity index (χ1n) is 8.00. The van der Waals surface area contributed by atoms with Gasteiger partial charge in [0.25, 0.3) is 0 Å². The molecule has 0 aliphatic carbocycles. The van der Waals surface area contributed by atoms with Crippen LogP contribution < -0.4 is 0 Å². The van der Waals surface area contributed by atoms with E-state index in [1.165, 1.54) is 6.08 Å². The second-order valence-electron chi connectivity index (χ2n) is 7.72. The zero-order valence-electron chi connectivity index (χ0n) is 15.0. The topological polar surface area (TPSA) is 46.5 Å². The molecule has 0 aromatic heterocycles. The van der Waals surface area contributed by atoms with Crippen LogP contribution in [0.3, 0.4) is 0 Å².